The summed E-state index contributed by atoms with van der Waals surface area (Å²) in [4.78, 5) is 12.5. The zero-order chi connectivity index (χ0) is 18.8. The molecule has 26 heavy (non-hydrogen) atoms. The van der Waals surface area contributed by atoms with Gasteiger partial charge in [0.2, 0.25) is 0 Å². The van der Waals surface area contributed by atoms with Crippen molar-refractivity contribution in [2.45, 2.75) is 34.1 Å². The van der Waals surface area contributed by atoms with Gasteiger partial charge in [0.15, 0.2) is 5.96 Å². The average molecular weight is 368 g/mol. The quantitative estimate of drug-likeness (QED) is 0.495. The summed E-state index contributed by atoms with van der Waals surface area (Å²) in [5, 5.41) is 3.51. The summed E-state index contributed by atoms with van der Waals surface area (Å²) in [6.07, 6.45) is 1.28. The van der Waals surface area contributed by atoms with Crippen molar-refractivity contribution in [2.75, 3.05) is 78.7 Å². The maximum atomic E-state index is 5.44. The number of likely N-dealkylation sites (tertiary alicyclic amines) is 1. The number of hydrogen-bond acceptors (Lipinski definition) is 4. The number of rotatable bonds is 9. The molecular weight excluding hydrogens is 326 g/mol. The van der Waals surface area contributed by atoms with Crippen molar-refractivity contribution in [3.63, 3.8) is 0 Å². The summed E-state index contributed by atoms with van der Waals surface area (Å²) < 4.78 is 5.44. The molecule has 2 fully saturated rings. The standard InChI is InChI=1S/C20H41N5O/c1-5-21-20(22-14-18(4)15-24-10-12-26-13-11-24)25-9-8-19(17-25)16-23(6-2)7-3/h18-19H,5-17H2,1-4H3,(H,21,22). The zero-order valence-electron chi connectivity index (χ0n) is 17.5. The molecule has 0 amide bonds. The third kappa shape index (κ3) is 7.05. The molecule has 0 saturated carbocycles. The van der Waals surface area contributed by atoms with Crippen LogP contribution < -0.4 is 5.32 Å². The van der Waals surface area contributed by atoms with E-state index in [1.807, 2.05) is 0 Å². The molecule has 2 heterocycles. The van der Waals surface area contributed by atoms with E-state index in [2.05, 4.69) is 47.7 Å². The Labute approximate surface area is 160 Å². The lowest BCUT2D eigenvalue weighted by Crippen LogP contribution is -2.42. The van der Waals surface area contributed by atoms with Crippen molar-refractivity contribution in [2.24, 2.45) is 16.8 Å². The van der Waals surface area contributed by atoms with E-state index in [9.17, 15) is 0 Å². The van der Waals surface area contributed by atoms with Crippen molar-refractivity contribution in [1.29, 1.82) is 0 Å². The summed E-state index contributed by atoms with van der Waals surface area (Å²) >= 11 is 0. The predicted octanol–water partition coefficient (Wildman–Crippen LogP) is 1.58. The van der Waals surface area contributed by atoms with Gasteiger partial charge in [-0.3, -0.25) is 9.89 Å². The predicted molar refractivity (Wildman–Crippen MR) is 110 cm³/mol. The van der Waals surface area contributed by atoms with Gasteiger partial charge in [-0.25, -0.2) is 0 Å². The van der Waals surface area contributed by atoms with Crippen LogP contribution in [0.2, 0.25) is 0 Å². The first-order chi connectivity index (χ1) is 12.7. The second-order valence-electron chi connectivity index (χ2n) is 7.80. The fraction of sp³-hybridized carbons (Fsp3) is 0.950. The lowest BCUT2D eigenvalue weighted by Gasteiger charge is -2.29. The molecule has 2 atom stereocenters. The van der Waals surface area contributed by atoms with E-state index in [1.165, 1.54) is 13.0 Å². The maximum Gasteiger partial charge on any atom is 0.193 e. The molecular formula is C20H41N5O. The molecule has 0 spiro atoms. The summed E-state index contributed by atoms with van der Waals surface area (Å²) in [6.45, 7) is 21.6. The molecule has 6 heteroatoms. The molecule has 6 nitrogen and oxygen atoms in total. The Bertz CT molecular complexity index is 407. The number of morpholine rings is 1. The molecule has 0 aliphatic carbocycles. The second-order valence-corrected chi connectivity index (χ2v) is 7.80. The number of ether oxygens (including phenoxy) is 1. The van der Waals surface area contributed by atoms with E-state index >= 15 is 0 Å². The summed E-state index contributed by atoms with van der Waals surface area (Å²) in [6, 6.07) is 0. The van der Waals surface area contributed by atoms with Crippen molar-refractivity contribution in [3.05, 3.63) is 0 Å². The second kappa shape index (κ2) is 11.8. The van der Waals surface area contributed by atoms with Crippen molar-refractivity contribution < 1.29 is 4.74 Å². The molecule has 0 bridgehead atoms. The fourth-order valence-corrected chi connectivity index (χ4v) is 3.97. The smallest absolute Gasteiger partial charge is 0.193 e. The Morgan fingerprint density at radius 1 is 1.19 bits per heavy atom. The number of aliphatic imine (C=N–C) groups is 1. The number of hydrogen-bond donors (Lipinski definition) is 1. The molecule has 2 unspecified atom stereocenters. The Morgan fingerprint density at radius 3 is 2.58 bits per heavy atom. The van der Waals surface area contributed by atoms with Gasteiger partial charge in [0, 0.05) is 52.4 Å². The zero-order valence-corrected chi connectivity index (χ0v) is 17.5. The molecule has 0 aromatic carbocycles. The molecule has 0 aromatic heterocycles. The Kier molecular flexibility index (Phi) is 9.72. The third-order valence-corrected chi connectivity index (χ3v) is 5.56. The lowest BCUT2D eigenvalue weighted by atomic mass is 10.1. The van der Waals surface area contributed by atoms with Crippen LogP contribution >= 0.6 is 0 Å². The molecule has 0 aromatic rings. The number of nitrogens with zero attached hydrogens (tertiary/aromatic N) is 4. The molecule has 0 radical (unpaired) electrons. The highest BCUT2D eigenvalue weighted by molar-refractivity contribution is 5.80. The molecule has 2 aliphatic rings. The fourth-order valence-electron chi connectivity index (χ4n) is 3.97. The minimum absolute atomic E-state index is 0.579. The lowest BCUT2D eigenvalue weighted by molar-refractivity contribution is 0.0323. The van der Waals surface area contributed by atoms with Gasteiger partial charge in [0.25, 0.3) is 0 Å². The Morgan fingerprint density at radius 2 is 1.92 bits per heavy atom. The van der Waals surface area contributed by atoms with E-state index in [0.29, 0.717) is 5.92 Å². The first-order valence-electron chi connectivity index (χ1n) is 10.7. The summed E-state index contributed by atoms with van der Waals surface area (Å²) in [5.41, 5.74) is 0. The van der Waals surface area contributed by atoms with Gasteiger partial charge in [-0.05, 0) is 38.3 Å². The Balaban J connectivity index is 1.81. The highest BCUT2D eigenvalue weighted by Gasteiger charge is 2.26. The Hall–Kier alpha value is -0.850. The molecule has 2 saturated heterocycles. The van der Waals surface area contributed by atoms with Crippen molar-refractivity contribution in [1.82, 2.24) is 20.0 Å². The van der Waals surface area contributed by atoms with Gasteiger partial charge >= 0.3 is 0 Å². The third-order valence-electron chi connectivity index (χ3n) is 5.56. The van der Waals surface area contributed by atoms with Crippen LogP contribution in [0.5, 0.6) is 0 Å². The van der Waals surface area contributed by atoms with Gasteiger partial charge in [-0.15, -0.1) is 0 Å². The first-order valence-corrected chi connectivity index (χ1v) is 10.7. The van der Waals surface area contributed by atoms with E-state index in [1.54, 1.807) is 0 Å². The van der Waals surface area contributed by atoms with Gasteiger partial charge in [0.05, 0.1) is 13.2 Å². The first kappa shape index (κ1) is 21.5. The number of guanidine groups is 1. The van der Waals surface area contributed by atoms with Gasteiger partial charge in [-0.2, -0.15) is 0 Å². The maximum absolute atomic E-state index is 5.44. The van der Waals surface area contributed by atoms with Crippen LogP contribution in [0.1, 0.15) is 34.1 Å². The van der Waals surface area contributed by atoms with Crippen LogP contribution in [-0.2, 0) is 4.74 Å². The van der Waals surface area contributed by atoms with Crippen LogP contribution in [0.4, 0.5) is 0 Å². The van der Waals surface area contributed by atoms with Crippen molar-refractivity contribution in [3.8, 4) is 0 Å². The molecule has 1 N–H and O–H groups in total. The molecule has 2 rings (SSSR count). The molecule has 152 valence electrons. The van der Waals surface area contributed by atoms with Crippen LogP contribution in [0.25, 0.3) is 0 Å². The van der Waals surface area contributed by atoms with Crippen LogP contribution in [0.15, 0.2) is 4.99 Å². The van der Waals surface area contributed by atoms with Crippen LogP contribution in [0.3, 0.4) is 0 Å². The SMILES string of the molecule is CCNC(=NCC(C)CN1CCOCC1)N1CCC(CN(CC)CC)C1. The van der Waals surface area contributed by atoms with E-state index in [-0.39, 0.29) is 0 Å². The molecule has 2 aliphatic heterocycles. The monoisotopic (exact) mass is 367 g/mol. The minimum Gasteiger partial charge on any atom is -0.379 e. The highest BCUT2D eigenvalue weighted by Crippen LogP contribution is 2.18. The normalized spacial score (nSPS) is 23.7. The highest BCUT2D eigenvalue weighted by atomic mass is 16.5. The minimum atomic E-state index is 0.579. The topological polar surface area (TPSA) is 43.3 Å². The van der Waals surface area contributed by atoms with Gasteiger partial charge in [0.1, 0.15) is 0 Å². The number of nitrogens with one attached hydrogen (secondary N) is 1. The van der Waals surface area contributed by atoms with E-state index in [0.717, 1.165) is 84.0 Å². The summed E-state index contributed by atoms with van der Waals surface area (Å²) in [7, 11) is 0. The van der Waals surface area contributed by atoms with Crippen LogP contribution in [0, 0.1) is 11.8 Å². The largest absolute Gasteiger partial charge is 0.379 e. The average Bonchev–Trinajstić information content (AvgIpc) is 3.12. The van der Waals surface area contributed by atoms with Gasteiger partial charge < -0.3 is 19.9 Å². The van der Waals surface area contributed by atoms with Gasteiger partial charge in [-0.1, -0.05) is 20.8 Å². The van der Waals surface area contributed by atoms with Crippen LogP contribution in [-0.4, -0.2) is 99.3 Å². The van der Waals surface area contributed by atoms with E-state index in [4.69, 9.17) is 9.73 Å². The van der Waals surface area contributed by atoms with Crippen molar-refractivity contribution >= 4 is 5.96 Å². The summed E-state index contributed by atoms with van der Waals surface area (Å²) in [5.74, 6) is 2.46. The van der Waals surface area contributed by atoms with E-state index < -0.39 is 0 Å².